The summed E-state index contributed by atoms with van der Waals surface area (Å²) in [5.74, 6) is -0.301. The van der Waals surface area contributed by atoms with Crippen LogP contribution in [-0.2, 0) is 31.4 Å². The summed E-state index contributed by atoms with van der Waals surface area (Å²) in [4.78, 5) is 43.2. The van der Waals surface area contributed by atoms with Gasteiger partial charge >= 0.3 is 5.97 Å². The normalized spacial score (nSPS) is 17.0. The van der Waals surface area contributed by atoms with Crippen molar-refractivity contribution in [2.24, 2.45) is 7.05 Å². The number of imidazole rings is 1. The Kier molecular flexibility index (Phi) is 9.75. The highest BCUT2D eigenvalue weighted by Crippen LogP contribution is 2.38. The summed E-state index contributed by atoms with van der Waals surface area (Å²) in [5.41, 5.74) is 7.52. The first kappa shape index (κ1) is 34.6. The van der Waals surface area contributed by atoms with Crippen LogP contribution in [-0.4, -0.2) is 83.2 Å². The number of rotatable bonds is 10. The minimum absolute atomic E-state index is 0.0490. The number of fused-ring (bicyclic) bond motifs is 2. The fourth-order valence-electron chi connectivity index (χ4n) is 7.21. The molecule has 1 unspecified atom stereocenters. The molecule has 12 nitrogen and oxygen atoms in total. The number of aromatic nitrogens is 4. The number of benzene rings is 2. The third kappa shape index (κ3) is 7.18. The summed E-state index contributed by atoms with van der Waals surface area (Å²) in [6.07, 6.45) is 4.90. The van der Waals surface area contributed by atoms with Crippen molar-refractivity contribution in [1.29, 1.82) is 0 Å². The third-order valence-corrected chi connectivity index (χ3v) is 10.4. The van der Waals surface area contributed by atoms with E-state index in [9.17, 15) is 19.8 Å². The molecule has 5 aromatic rings. The summed E-state index contributed by atoms with van der Waals surface area (Å²) < 4.78 is 1.82. The van der Waals surface area contributed by atoms with Gasteiger partial charge in [-0.1, -0.05) is 35.9 Å². The molecule has 0 aliphatic carbocycles. The van der Waals surface area contributed by atoms with Gasteiger partial charge in [-0.25, -0.2) is 9.97 Å². The van der Waals surface area contributed by atoms with Crippen LogP contribution in [0, 0.1) is 6.92 Å². The second-order valence-corrected chi connectivity index (χ2v) is 13.9. The van der Waals surface area contributed by atoms with Gasteiger partial charge in [0, 0.05) is 87.0 Å². The fraction of sp³-hybridized carbons (Fsp3) is 0.342. The lowest BCUT2D eigenvalue weighted by atomic mass is 9.98. The minimum Gasteiger partial charge on any atom is -0.481 e. The van der Waals surface area contributed by atoms with Crippen molar-refractivity contribution < 1.29 is 19.8 Å². The number of likely N-dealkylation sites (tertiary alicyclic amines) is 1. The Labute approximate surface area is 301 Å². The van der Waals surface area contributed by atoms with Crippen LogP contribution in [0.25, 0.3) is 22.0 Å². The van der Waals surface area contributed by atoms with E-state index < -0.39 is 5.97 Å². The van der Waals surface area contributed by atoms with Crippen molar-refractivity contribution in [3.63, 3.8) is 0 Å². The second-order valence-electron chi connectivity index (χ2n) is 13.5. The maximum atomic E-state index is 13.6. The van der Waals surface area contributed by atoms with Gasteiger partial charge in [-0.15, -0.1) is 0 Å². The highest BCUT2D eigenvalue weighted by atomic mass is 35.5. The Balaban J connectivity index is 1.09. The molecule has 3 aromatic heterocycles. The van der Waals surface area contributed by atoms with Crippen molar-refractivity contribution in [3.8, 4) is 11.1 Å². The van der Waals surface area contributed by atoms with Gasteiger partial charge in [0.25, 0.3) is 5.91 Å². The predicted molar refractivity (Wildman–Crippen MR) is 197 cm³/mol. The smallest absolute Gasteiger partial charge is 0.304 e. The zero-order chi connectivity index (χ0) is 35.8. The summed E-state index contributed by atoms with van der Waals surface area (Å²) >= 11 is 7.00. The van der Waals surface area contributed by atoms with Crippen LogP contribution >= 0.6 is 11.6 Å². The van der Waals surface area contributed by atoms with E-state index in [1.54, 1.807) is 12.3 Å². The van der Waals surface area contributed by atoms with Gasteiger partial charge in [0.05, 0.1) is 28.9 Å². The van der Waals surface area contributed by atoms with Gasteiger partial charge in [-0.2, -0.15) is 0 Å². The molecule has 1 saturated heterocycles. The van der Waals surface area contributed by atoms with Crippen LogP contribution in [0.5, 0.6) is 0 Å². The van der Waals surface area contributed by atoms with Crippen molar-refractivity contribution in [2.75, 3.05) is 30.3 Å². The lowest BCUT2D eigenvalue weighted by Crippen LogP contribution is -2.39. The zero-order valence-corrected chi connectivity index (χ0v) is 29.6. The lowest BCUT2D eigenvalue weighted by Gasteiger charge is -2.31. The standard InChI is InChI=1S/C38H41ClN8O4/c1-22(16-33(49)50)47-15-12-32-31(21-47)43-37(45(32)3)38(51)44-30-9-5-7-28(34(30)39)27-6-4-8-29(23(27)2)42-36-35-25(10-13-40-36)17-24(18-41-35)19-46-14-11-26(48)20-46/h4-10,13,17-18,22,26,48H,11-12,14-16,19-21H2,1-3H3,(H,40,42)(H,44,51)(H,49,50)/t22?,26-/m1/s1. The number of hydrogen-bond donors (Lipinski definition) is 4. The summed E-state index contributed by atoms with van der Waals surface area (Å²) in [5, 5.41) is 27.0. The summed E-state index contributed by atoms with van der Waals surface area (Å²) in [6.45, 7) is 7.39. The predicted octanol–water partition coefficient (Wildman–Crippen LogP) is 5.78. The molecule has 0 saturated carbocycles. The Bertz CT molecular complexity index is 2140. The molecule has 264 valence electrons. The molecule has 0 spiro atoms. The number of carbonyl (C=O) groups excluding carboxylic acids is 1. The average Bonchev–Trinajstić information content (AvgIpc) is 3.67. The molecule has 1 fully saturated rings. The number of pyridine rings is 2. The van der Waals surface area contributed by atoms with E-state index >= 15 is 0 Å². The monoisotopic (exact) mass is 708 g/mol. The van der Waals surface area contributed by atoms with Crippen LogP contribution in [0.2, 0.25) is 5.02 Å². The van der Waals surface area contributed by atoms with Gasteiger partial charge in [0.15, 0.2) is 11.6 Å². The number of aliphatic carboxylic acids is 1. The lowest BCUT2D eigenvalue weighted by molar-refractivity contribution is -0.138. The minimum atomic E-state index is -0.837. The third-order valence-electron chi connectivity index (χ3n) is 10.0. The number of β-amino-alcohol motifs (C(OH)–C–C–N with tert-alkyl or cyclic N) is 1. The number of nitrogens with one attached hydrogen (secondary N) is 2. The zero-order valence-electron chi connectivity index (χ0n) is 28.9. The quantitative estimate of drug-likeness (QED) is 0.141. The van der Waals surface area contributed by atoms with Crippen LogP contribution in [0.3, 0.4) is 0 Å². The van der Waals surface area contributed by atoms with Crippen molar-refractivity contribution in [3.05, 3.63) is 94.3 Å². The highest BCUT2D eigenvalue weighted by Gasteiger charge is 2.29. The number of carboxylic acid groups (broad SMARTS) is 1. The first-order chi connectivity index (χ1) is 24.5. The number of hydrogen-bond acceptors (Lipinski definition) is 9. The molecule has 1 amide bonds. The van der Waals surface area contributed by atoms with Crippen LogP contribution in [0.4, 0.5) is 17.2 Å². The van der Waals surface area contributed by atoms with Crippen molar-refractivity contribution in [1.82, 2.24) is 29.3 Å². The number of aliphatic hydroxyl groups is 1. The highest BCUT2D eigenvalue weighted by molar-refractivity contribution is 6.36. The average molecular weight is 709 g/mol. The molecule has 2 aromatic carbocycles. The van der Waals surface area contributed by atoms with Gasteiger partial charge in [-0.3, -0.25) is 24.4 Å². The molecular weight excluding hydrogens is 668 g/mol. The number of nitrogens with zero attached hydrogens (tertiary/aromatic N) is 6. The Morgan fingerprint density at radius 3 is 2.63 bits per heavy atom. The molecule has 0 radical (unpaired) electrons. The van der Waals surface area contributed by atoms with E-state index in [4.69, 9.17) is 16.6 Å². The molecule has 0 bridgehead atoms. The molecule has 2 aliphatic heterocycles. The van der Waals surface area contributed by atoms with E-state index in [-0.39, 0.29) is 30.3 Å². The molecule has 51 heavy (non-hydrogen) atoms. The van der Waals surface area contributed by atoms with Gasteiger partial charge < -0.3 is 25.4 Å². The molecule has 2 atom stereocenters. The van der Waals surface area contributed by atoms with E-state index in [0.717, 1.165) is 69.7 Å². The van der Waals surface area contributed by atoms with Crippen molar-refractivity contribution in [2.45, 2.75) is 58.3 Å². The van der Waals surface area contributed by atoms with Gasteiger partial charge in [0.1, 0.15) is 5.52 Å². The number of carboxylic acids is 1. The number of amides is 1. The molecule has 7 rings (SSSR count). The molecule has 2 aliphatic rings. The van der Waals surface area contributed by atoms with Crippen molar-refractivity contribution >= 4 is 51.6 Å². The number of aliphatic hydroxyl groups excluding tert-OH is 1. The molecule has 4 N–H and O–H groups in total. The second kappa shape index (κ2) is 14.4. The van der Waals surface area contributed by atoms with E-state index in [1.807, 2.05) is 68.1 Å². The Morgan fingerprint density at radius 1 is 1.08 bits per heavy atom. The van der Waals surface area contributed by atoms with Crippen LogP contribution < -0.4 is 10.6 Å². The molecular formula is C38H41ClN8O4. The van der Waals surface area contributed by atoms with Gasteiger partial charge in [0.2, 0.25) is 0 Å². The Morgan fingerprint density at radius 2 is 1.86 bits per heavy atom. The molecule has 5 heterocycles. The van der Waals surface area contributed by atoms with Gasteiger partial charge in [-0.05, 0) is 61.2 Å². The maximum absolute atomic E-state index is 13.6. The van der Waals surface area contributed by atoms with E-state index in [2.05, 4.69) is 36.5 Å². The van der Waals surface area contributed by atoms with Crippen LogP contribution in [0.1, 0.15) is 52.9 Å². The topological polar surface area (TPSA) is 149 Å². The number of halogens is 1. The summed E-state index contributed by atoms with van der Waals surface area (Å²) in [7, 11) is 1.83. The molecule has 13 heteroatoms. The largest absolute Gasteiger partial charge is 0.481 e. The number of anilines is 3. The van der Waals surface area contributed by atoms with E-state index in [0.29, 0.717) is 42.6 Å². The SMILES string of the molecule is Cc1c(Nc2nccc3cc(CN4CC[C@@H](O)C4)cnc23)cccc1-c1cccc(NC(=O)c2nc3c(n2C)CCN(C(C)CC(=O)O)C3)c1Cl. The fourth-order valence-corrected chi connectivity index (χ4v) is 7.49. The first-order valence-electron chi connectivity index (χ1n) is 17.2. The number of carbonyl (C=O) groups is 2. The first-order valence-corrected chi connectivity index (χ1v) is 17.5. The summed E-state index contributed by atoms with van der Waals surface area (Å²) in [6, 6.07) is 15.4. The maximum Gasteiger partial charge on any atom is 0.304 e. The Hall–Kier alpha value is -4.88. The van der Waals surface area contributed by atoms with Crippen LogP contribution in [0.15, 0.2) is 60.9 Å². The van der Waals surface area contributed by atoms with E-state index in [1.165, 1.54) is 0 Å².